The van der Waals surface area contributed by atoms with Gasteiger partial charge in [0.15, 0.2) is 5.76 Å². The van der Waals surface area contributed by atoms with Gasteiger partial charge in [-0.15, -0.1) is 0 Å². The molecule has 0 unspecified atom stereocenters. The molecule has 25 heavy (non-hydrogen) atoms. The lowest BCUT2D eigenvalue weighted by Gasteiger charge is -2.53. The summed E-state index contributed by atoms with van der Waals surface area (Å²) in [6, 6.07) is 0. The van der Waals surface area contributed by atoms with Gasteiger partial charge in [-0.3, -0.25) is 4.79 Å². The fraction of sp³-hybridized carbons (Fsp3) is 0.600. The number of ether oxygens (including phenoxy) is 1. The second-order valence-electron chi connectivity index (χ2n) is 7.67. The minimum absolute atomic E-state index is 0.121. The van der Waals surface area contributed by atoms with Crippen molar-refractivity contribution >= 4 is 11.8 Å². The predicted molar refractivity (Wildman–Crippen MR) is 92.0 cm³/mol. The first-order valence-corrected chi connectivity index (χ1v) is 8.87. The Hall–Kier alpha value is -1.88. The molecule has 0 spiro atoms. The van der Waals surface area contributed by atoms with E-state index >= 15 is 0 Å². The Morgan fingerprint density at radius 1 is 1.44 bits per heavy atom. The number of carbonyl (C=O) groups is 2. The van der Waals surface area contributed by atoms with Gasteiger partial charge in [-0.05, 0) is 45.1 Å². The number of aliphatic hydroxyl groups is 1. The van der Waals surface area contributed by atoms with Gasteiger partial charge in [-0.1, -0.05) is 19.9 Å². The van der Waals surface area contributed by atoms with Crippen molar-refractivity contribution in [3.63, 3.8) is 0 Å². The van der Waals surface area contributed by atoms with Crippen LogP contribution in [0.1, 0.15) is 68.3 Å². The molecule has 0 aromatic carbocycles. The van der Waals surface area contributed by atoms with Crippen LogP contribution in [0.3, 0.4) is 0 Å². The maximum Gasteiger partial charge on any atom is 0.334 e. The Morgan fingerprint density at radius 3 is 2.76 bits per heavy atom. The number of fused-ring (bicyclic) bond motifs is 2. The van der Waals surface area contributed by atoms with Gasteiger partial charge in [-0.25, -0.2) is 4.79 Å². The fourth-order valence-corrected chi connectivity index (χ4v) is 4.42. The van der Waals surface area contributed by atoms with E-state index in [0.29, 0.717) is 17.6 Å². The van der Waals surface area contributed by atoms with E-state index in [1.165, 1.54) is 6.26 Å². The van der Waals surface area contributed by atoms with Crippen LogP contribution in [-0.2, 0) is 9.53 Å². The average Bonchev–Trinajstić information content (AvgIpc) is 2.96. The Kier molecular flexibility index (Phi) is 4.40. The van der Waals surface area contributed by atoms with Crippen molar-refractivity contribution in [2.24, 2.45) is 17.3 Å². The maximum absolute atomic E-state index is 13.0. The molecule has 0 radical (unpaired) electrons. The summed E-state index contributed by atoms with van der Waals surface area (Å²) in [6.45, 7) is 9.37. The highest BCUT2D eigenvalue weighted by Crippen LogP contribution is 2.59. The number of ketones is 1. The van der Waals surface area contributed by atoms with Crippen molar-refractivity contribution in [3.8, 4) is 0 Å². The number of rotatable bonds is 2. The second kappa shape index (κ2) is 6.13. The number of hydrogen-bond acceptors (Lipinski definition) is 5. The summed E-state index contributed by atoms with van der Waals surface area (Å²) in [6.07, 6.45) is 3.22. The van der Waals surface area contributed by atoms with Crippen molar-refractivity contribution in [1.82, 2.24) is 0 Å². The van der Waals surface area contributed by atoms with Crippen LogP contribution in [0.25, 0.3) is 0 Å². The molecule has 1 fully saturated rings. The molecular weight excluding hydrogens is 320 g/mol. The van der Waals surface area contributed by atoms with Gasteiger partial charge >= 0.3 is 5.97 Å². The number of aliphatic hydroxyl groups excluding tert-OH is 1. The molecule has 1 aromatic heterocycles. The van der Waals surface area contributed by atoms with Gasteiger partial charge in [0, 0.05) is 16.6 Å². The van der Waals surface area contributed by atoms with E-state index in [-0.39, 0.29) is 17.5 Å². The summed E-state index contributed by atoms with van der Waals surface area (Å²) in [5.74, 6) is -0.863. The van der Waals surface area contributed by atoms with E-state index in [0.717, 1.165) is 12.0 Å². The van der Waals surface area contributed by atoms with Gasteiger partial charge in [0.2, 0.25) is 5.78 Å². The van der Waals surface area contributed by atoms with Crippen molar-refractivity contribution in [2.45, 2.75) is 59.7 Å². The van der Waals surface area contributed by atoms with E-state index in [1.54, 1.807) is 19.9 Å². The van der Waals surface area contributed by atoms with Gasteiger partial charge < -0.3 is 14.3 Å². The van der Waals surface area contributed by atoms with Crippen molar-refractivity contribution in [3.05, 3.63) is 34.8 Å². The quantitative estimate of drug-likeness (QED) is 0.652. The van der Waals surface area contributed by atoms with Crippen molar-refractivity contribution in [1.29, 1.82) is 0 Å². The zero-order valence-electron chi connectivity index (χ0n) is 15.5. The highest BCUT2D eigenvalue weighted by atomic mass is 16.5. The minimum atomic E-state index is -0.753. The van der Waals surface area contributed by atoms with E-state index < -0.39 is 29.5 Å². The van der Waals surface area contributed by atoms with Crippen LogP contribution in [0.2, 0.25) is 0 Å². The summed E-state index contributed by atoms with van der Waals surface area (Å²) >= 11 is 0. The normalized spacial score (nSPS) is 35.1. The first-order valence-electron chi connectivity index (χ1n) is 8.87. The maximum atomic E-state index is 13.0. The number of aryl methyl sites for hydroxylation is 1. The fourth-order valence-electron chi connectivity index (χ4n) is 4.42. The molecule has 0 bridgehead atoms. The molecule has 1 saturated carbocycles. The molecule has 0 saturated heterocycles. The summed E-state index contributed by atoms with van der Waals surface area (Å²) in [7, 11) is 0. The zero-order chi connectivity index (χ0) is 18.5. The van der Waals surface area contributed by atoms with Crippen LogP contribution >= 0.6 is 0 Å². The van der Waals surface area contributed by atoms with Gasteiger partial charge in [0.25, 0.3) is 0 Å². The second-order valence-corrected chi connectivity index (χ2v) is 7.67. The Bertz CT molecular complexity index is 743. The largest absolute Gasteiger partial charge is 0.460 e. The number of hydrogen-bond donors (Lipinski definition) is 1. The third kappa shape index (κ3) is 2.48. The molecule has 3 rings (SSSR count). The highest BCUT2D eigenvalue weighted by molar-refractivity contribution is 6.00. The molecule has 136 valence electrons. The number of carbonyl (C=O) groups excluding carboxylic acids is 2. The Labute approximate surface area is 148 Å². The lowest BCUT2D eigenvalue weighted by atomic mass is 9.53. The summed E-state index contributed by atoms with van der Waals surface area (Å²) in [5.41, 5.74) is 1.30. The number of allylic oxidation sites excluding steroid dienone is 1. The monoisotopic (exact) mass is 346 g/mol. The zero-order valence-corrected chi connectivity index (χ0v) is 15.5. The first kappa shape index (κ1) is 17.9. The molecule has 5 heteroatoms. The van der Waals surface area contributed by atoms with Crippen LogP contribution in [0, 0.1) is 24.2 Å². The van der Waals surface area contributed by atoms with Crippen LogP contribution in [0.5, 0.6) is 0 Å². The van der Waals surface area contributed by atoms with Crippen LogP contribution < -0.4 is 0 Å². The van der Waals surface area contributed by atoms with E-state index in [1.807, 2.05) is 13.8 Å². The first-order chi connectivity index (χ1) is 11.7. The molecule has 5 atom stereocenters. The molecule has 1 N–H and O–H groups in total. The third-order valence-electron chi connectivity index (χ3n) is 6.35. The van der Waals surface area contributed by atoms with E-state index in [4.69, 9.17) is 9.15 Å². The summed E-state index contributed by atoms with van der Waals surface area (Å²) in [5, 5.41) is 10.6. The molecule has 0 amide bonds. The SMILES string of the molecule is CC=C(C)C(=O)O[C@@H]1c2c(C)coc2C(=O)[C@@H]2[C@@H](O)CC[C@H](C)[C@@]12C. The van der Waals surface area contributed by atoms with Crippen LogP contribution in [0.4, 0.5) is 0 Å². The molecule has 5 nitrogen and oxygen atoms in total. The molecule has 2 aliphatic carbocycles. The molecule has 0 aliphatic heterocycles. The average molecular weight is 346 g/mol. The topological polar surface area (TPSA) is 76.7 Å². The third-order valence-corrected chi connectivity index (χ3v) is 6.35. The number of Topliss-reactive ketones (excluding diaryl/α,β-unsaturated/α-hetero) is 1. The predicted octanol–water partition coefficient (Wildman–Crippen LogP) is 3.75. The van der Waals surface area contributed by atoms with Crippen molar-refractivity contribution in [2.75, 3.05) is 0 Å². The molecule has 1 aromatic rings. The van der Waals surface area contributed by atoms with E-state index in [9.17, 15) is 14.7 Å². The minimum Gasteiger partial charge on any atom is -0.460 e. The number of esters is 1. The van der Waals surface area contributed by atoms with Gasteiger partial charge in [0.1, 0.15) is 6.10 Å². The van der Waals surface area contributed by atoms with Gasteiger partial charge in [0.05, 0.1) is 18.3 Å². The molecule has 2 aliphatic rings. The number of furan rings is 1. The van der Waals surface area contributed by atoms with E-state index in [2.05, 4.69) is 6.92 Å². The summed E-state index contributed by atoms with van der Waals surface area (Å²) < 4.78 is 11.4. The summed E-state index contributed by atoms with van der Waals surface area (Å²) in [4.78, 5) is 25.5. The molecule has 1 heterocycles. The molecular formula is C20H26O5. The smallest absolute Gasteiger partial charge is 0.334 e. The lowest BCUT2D eigenvalue weighted by Crippen LogP contribution is -2.55. The lowest BCUT2D eigenvalue weighted by molar-refractivity contribution is -0.168. The Balaban J connectivity index is 2.17. The van der Waals surface area contributed by atoms with Crippen LogP contribution in [0.15, 0.2) is 22.3 Å². The standard InChI is InChI=1S/C20H26O5/c1-6-10(2)19(23)25-18-14-11(3)9-24-17(14)16(22)15-13(21)8-7-12(4)20(15,18)5/h6,9,12-13,15,18,21H,7-8H2,1-5H3/t12-,13-,15-,18+,20+/m0/s1. The van der Waals surface area contributed by atoms with Crippen molar-refractivity contribution < 1.29 is 23.8 Å². The highest BCUT2D eigenvalue weighted by Gasteiger charge is 2.61. The van der Waals surface area contributed by atoms with Gasteiger partial charge in [-0.2, -0.15) is 0 Å². The Morgan fingerprint density at radius 2 is 2.12 bits per heavy atom. The van der Waals surface area contributed by atoms with Crippen LogP contribution in [-0.4, -0.2) is 23.0 Å².